The number of aryl methyl sites for hydroxylation is 2. The number of non-ortho nitro benzene ring substituents is 1. The van der Waals surface area contributed by atoms with E-state index in [1.165, 1.54) is 12.1 Å². The van der Waals surface area contributed by atoms with Gasteiger partial charge >= 0.3 is 0 Å². The molecule has 0 unspecified atom stereocenters. The molecule has 0 aliphatic heterocycles. The van der Waals surface area contributed by atoms with E-state index in [9.17, 15) is 10.1 Å². The van der Waals surface area contributed by atoms with Crippen LogP contribution in [0.3, 0.4) is 0 Å². The van der Waals surface area contributed by atoms with E-state index in [1.807, 2.05) is 26.1 Å². The molecule has 2 N–H and O–H groups in total. The van der Waals surface area contributed by atoms with Crippen LogP contribution in [-0.4, -0.2) is 19.9 Å². The molecule has 0 fully saturated rings. The fourth-order valence-electron chi connectivity index (χ4n) is 2.44. The summed E-state index contributed by atoms with van der Waals surface area (Å²) >= 11 is 0. The van der Waals surface area contributed by atoms with E-state index in [0.717, 1.165) is 22.5 Å². The van der Waals surface area contributed by atoms with Crippen LogP contribution in [0.4, 0.5) is 17.3 Å². The summed E-state index contributed by atoms with van der Waals surface area (Å²) in [5, 5.41) is 13.8. The number of benzene rings is 1. The number of hydrogen-bond donors (Lipinski definition) is 2. The van der Waals surface area contributed by atoms with Gasteiger partial charge in [-0.25, -0.2) is 9.97 Å². The van der Waals surface area contributed by atoms with Crippen LogP contribution in [-0.2, 0) is 0 Å². The van der Waals surface area contributed by atoms with Crippen molar-refractivity contribution < 1.29 is 4.92 Å². The van der Waals surface area contributed by atoms with Crippen LogP contribution in [0.5, 0.6) is 0 Å². The average Bonchev–Trinajstić information content (AvgIpc) is 2.87. The summed E-state index contributed by atoms with van der Waals surface area (Å²) in [6.45, 7) is 3.99. The highest BCUT2D eigenvalue weighted by Crippen LogP contribution is 2.26. The summed E-state index contributed by atoms with van der Waals surface area (Å²) in [5.74, 6) is 0.392. The molecule has 23 heavy (non-hydrogen) atoms. The lowest BCUT2D eigenvalue weighted by Gasteiger charge is -2.07. The number of aromatic amines is 1. The average molecular weight is 309 g/mol. The minimum absolute atomic E-state index is 0.0171. The third kappa shape index (κ3) is 3.03. The topological polar surface area (TPSA) is 96.7 Å². The normalized spacial score (nSPS) is 10.5. The van der Waals surface area contributed by atoms with Crippen LogP contribution in [0.15, 0.2) is 42.7 Å². The van der Waals surface area contributed by atoms with E-state index in [1.54, 1.807) is 18.3 Å². The van der Waals surface area contributed by atoms with E-state index in [2.05, 4.69) is 20.3 Å². The summed E-state index contributed by atoms with van der Waals surface area (Å²) in [6, 6.07) is 8.07. The highest BCUT2D eigenvalue weighted by molar-refractivity contribution is 5.68. The van der Waals surface area contributed by atoms with Crippen molar-refractivity contribution in [2.45, 2.75) is 13.8 Å². The molecule has 3 rings (SSSR count). The van der Waals surface area contributed by atoms with Gasteiger partial charge in [0.05, 0.1) is 10.6 Å². The zero-order valence-corrected chi connectivity index (χ0v) is 12.7. The van der Waals surface area contributed by atoms with E-state index in [0.29, 0.717) is 11.6 Å². The number of nitrogens with one attached hydrogen (secondary N) is 2. The Morgan fingerprint density at radius 2 is 2.09 bits per heavy atom. The van der Waals surface area contributed by atoms with Gasteiger partial charge in [0.15, 0.2) is 0 Å². The number of anilines is 2. The highest BCUT2D eigenvalue weighted by atomic mass is 16.6. The fourth-order valence-corrected chi connectivity index (χ4v) is 2.44. The highest BCUT2D eigenvalue weighted by Gasteiger charge is 2.11. The molecular formula is C16H15N5O2. The van der Waals surface area contributed by atoms with Gasteiger partial charge in [0.25, 0.3) is 5.69 Å². The minimum atomic E-state index is -0.436. The van der Waals surface area contributed by atoms with Crippen molar-refractivity contribution in [2.75, 3.05) is 5.32 Å². The second kappa shape index (κ2) is 5.88. The molecule has 7 nitrogen and oxygen atoms in total. The molecule has 0 atom stereocenters. The molecule has 7 heteroatoms. The number of H-pyrrole nitrogens is 1. The summed E-state index contributed by atoms with van der Waals surface area (Å²) in [5.41, 5.74) is 4.55. The molecular weight excluding hydrogens is 294 g/mol. The van der Waals surface area contributed by atoms with Gasteiger partial charge in [-0.1, -0.05) is 6.07 Å². The Morgan fingerprint density at radius 1 is 1.26 bits per heavy atom. The summed E-state index contributed by atoms with van der Waals surface area (Å²) in [4.78, 5) is 22.2. The third-order valence-electron chi connectivity index (χ3n) is 3.50. The second-order valence-electron chi connectivity index (χ2n) is 5.17. The summed E-state index contributed by atoms with van der Waals surface area (Å²) in [6.07, 6.45) is 3.59. The number of hydrogen-bond acceptors (Lipinski definition) is 5. The zero-order valence-electron chi connectivity index (χ0n) is 12.7. The van der Waals surface area contributed by atoms with Crippen molar-refractivity contribution in [3.63, 3.8) is 0 Å². The molecule has 3 aromatic rings. The lowest BCUT2D eigenvalue weighted by molar-refractivity contribution is -0.384. The van der Waals surface area contributed by atoms with Crippen LogP contribution in [0.25, 0.3) is 11.3 Å². The molecule has 2 heterocycles. The van der Waals surface area contributed by atoms with Gasteiger partial charge in [0.2, 0.25) is 5.95 Å². The molecule has 0 spiro atoms. The first-order chi connectivity index (χ1) is 11.0. The van der Waals surface area contributed by atoms with Gasteiger partial charge in [-0.3, -0.25) is 10.1 Å². The van der Waals surface area contributed by atoms with E-state index in [-0.39, 0.29) is 5.69 Å². The number of nitro benzene ring substituents is 1. The molecule has 0 saturated heterocycles. The predicted octanol–water partition coefficient (Wildman–Crippen LogP) is 3.74. The Balaban J connectivity index is 1.92. The van der Waals surface area contributed by atoms with Crippen LogP contribution in [0.2, 0.25) is 0 Å². The van der Waals surface area contributed by atoms with Crippen molar-refractivity contribution in [3.8, 4) is 11.3 Å². The van der Waals surface area contributed by atoms with E-state index in [4.69, 9.17) is 0 Å². The first kappa shape index (κ1) is 14.7. The fraction of sp³-hybridized carbons (Fsp3) is 0.125. The molecule has 0 saturated carbocycles. The monoisotopic (exact) mass is 309 g/mol. The Kier molecular flexibility index (Phi) is 3.76. The number of rotatable bonds is 4. The quantitative estimate of drug-likeness (QED) is 0.565. The smallest absolute Gasteiger partial charge is 0.271 e. The van der Waals surface area contributed by atoms with Gasteiger partial charge in [0, 0.05) is 41.5 Å². The Morgan fingerprint density at radius 3 is 2.78 bits per heavy atom. The summed E-state index contributed by atoms with van der Waals surface area (Å²) in [7, 11) is 0. The van der Waals surface area contributed by atoms with Crippen molar-refractivity contribution in [3.05, 3.63) is 64.1 Å². The molecule has 0 aliphatic carbocycles. The lowest BCUT2D eigenvalue weighted by Crippen LogP contribution is -1.99. The minimum Gasteiger partial charge on any atom is -0.364 e. The number of nitro groups is 1. The number of nitrogens with zero attached hydrogens (tertiary/aromatic N) is 3. The molecule has 0 bridgehead atoms. The predicted molar refractivity (Wildman–Crippen MR) is 87.7 cm³/mol. The van der Waals surface area contributed by atoms with Gasteiger partial charge < -0.3 is 10.3 Å². The maximum atomic E-state index is 10.8. The van der Waals surface area contributed by atoms with Crippen molar-refractivity contribution >= 4 is 17.3 Å². The van der Waals surface area contributed by atoms with Gasteiger partial charge in [-0.05, 0) is 31.5 Å². The number of aromatic nitrogens is 3. The molecule has 2 aromatic heterocycles. The van der Waals surface area contributed by atoms with Crippen molar-refractivity contribution in [1.82, 2.24) is 15.0 Å². The van der Waals surface area contributed by atoms with Gasteiger partial charge in [-0.2, -0.15) is 0 Å². The Labute approximate surface area is 132 Å². The van der Waals surface area contributed by atoms with Crippen LogP contribution in [0, 0.1) is 24.0 Å². The zero-order chi connectivity index (χ0) is 16.4. The first-order valence-electron chi connectivity index (χ1n) is 7.04. The van der Waals surface area contributed by atoms with Crippen molar-refractivity contribution in [1.29, 1.82) is 0 Å². The first-order valence-corrected chi connectivity index (χ1v) is 7.04. The molecule has 0 amide bonds. The molecule has 116 valence electrons. The molecule has 0 aliphatic rings. The largest absolute Gasteiger partial charge is 0.364 e. The van der Waals surface area contributed by atoms with E-state index >= 15 is 0 Å². The molecule has 1 aromatic carbocycles. The van der Waals surface area contributed by atoms with Gasteiger partial charge in [-0.15, -0.1) is 0 Å². The summed E-state index contributed by atoms with van der Waals surface area (Å²) < 4.78 is 0. The van der Waals surface area contributed by atoms with Crippen molar-refractivity contribution in [2.24, 2.45) is 0 Å². The maximum Gasteiger partial charge on any atom is 0.271 e. The van der Waals surface area contributed by atoms with Crippen LogP contribution < -0.4 is 5.32 Å². The Bertz CT molecular complexity index is 853. The lowest BCUT2D eigenvalue weighted by atomic mass is 10.1. The van der Waals surface area contributed by atoms with Gasteiger partial charge in [0.1, 0.15) is 0 Å². The van der Waals surface area contributed by atoms with E-state index < -0.39 is 4.92 Å². The Hall–Kier alpha value is -3.22. The standard InChI is InChI=1S/C16H15N5O2/c1-10-9-18-11(2)15(10)14-6-7-17-16(20-14)19-12-4-3-5-13(8-12)21(22)23/h3-9,18H,1-2H3,(H,17,19,20). The second-order valence-corrected chi connectivity index (χ2v) is 5.17. The van der Waals surface area contributed by atoms with Crippen LogP contribution in [0.1, 0.15) is 11.3 Å². The maximum absolute atomic E-state index is 10.8. The SMILES string of the molecule is Cc1c[nH]c(C)c1-c1ccnc(Nc2cccc([N+](=O)[O-])c2)n1. The van der Waals surface area contributed by atoms with Crippen LogP contribution >= 0.6 is 0 Å². The molecule has 0 radical (unpaired) electrons. The third-order valence-corrected chi connectivity index (χ3v) is 3.50.